The summed E-state index contributed by atoms with van der Waals surface area (Å²) in [5, 5.41) is 23.1. The van der Waals surface area contributed by atoms with Gasteiger partial charge in [-0.1, -0.05) is 309 Å². The SMILES string of the molecule is CCCCCCCCCCCCCCC/C=C/C(O)C(CO)NC(=O)CCCCCCCCCCCCCCCCCCCCCCCCCCCCCCCCCCC. The van der Waals surface area contributed by atoms with E-state index >= 15 is 0 Å². The van der Waals surface area contributed by atoms with Crippen molar-refractivity contribution in [3.8, 4) is 0 Å². The van der Waals surface area contributed by atoms with Gasteiger partial charge in [0.15, 0.2) is 0 Å². The Labute approximate surface area is 377 Å². The first-order chi connectivity index (χ1) is 29.7. The Kier molecular flexibility index (Phi) is 51.7. The Balaban J connectivity index is 3.38. The number of aliphatic hydroxyl groups excluding tert-OH is 2. The second-order valence-electron chi connectivity index (χ2n) is 19.4. The third-order valence-corrected chi connectivity index (χ3v) is 13.3. The minimum Gasteiger partial charge on any atom is -0.394 e. The summed E-state index contributed by atoms with van der Waals surface area (Å²) < 4.78 is 0. The standard InChI is InChI=1S/C56H111NO3/c1-3-5-7-9-11-13-15-17-19-20-21-22-23-24-25-26-27-28-29-30-31-32-33-34-35-36-38-40-42-44-46-48-50-52-56(60)57-54(53-58)55(59)51-49-47-45-43-41-39-37-18-16-14-12-10-8-6-4-2/h49,51,54-55,58-59H,3-48,50,52-53H2,1-2H3,(H,57,60)/b51-49+. The minimum atomic E-state index is -0.834. The lowest BCUT2D eigenvalue weighted by molar-refractivity contribution is -0.123. The van der Waals surface area contributed by atoms with Crippen molar-refractivity contribution in [3.63, 3.8) is 0 Å². The van der Waals surface area contributed by atoms with Crippen LogP contribution in [-0.4, -0.2) is 34.9 Å². The predicted octanol–water partition coefficient (Wildman–Crippen LogP) is 18.1. The molecular formula is C56H111NO3. The molecule has 0 saturated carbocycles. The second kappa shape index (κ2) is 52.5. The number of amides is 1. The van der Waals surface area contributed by atoms with E-state index in [1.807, 2.05) is 6.08 Å². The smallest absolute Gasteiger partial charge is 0.220 e. The summed E-state index contributed by atoms with van der Waals surface area (Å²) in [6.07, 6.45) is 68.1. The van der Waals surface area contributed by atoms with Gasteiger partial charge in [0, 0.05) is 6.42 Å². The maximum absolute atomic E-state index is 12.4. The molecule has 4 nitrogen and oxygen atoms in total. The van der Waals surface area contributed by atoms with E-state index in [1.165, 1.54) is 276 Å². The molecule has 0 bridgehead atoms. The highest BCUT2D eigenvalue weighted by atomic mass is 16.3. The summed E-state index contributed by atoms with van der Waals surface area (Å²) in [7, 11) is 0. The van der Waals surface area contributed by atoms with Gasteiger partial charge in [-0.15, -0.1) is 0 Å². The van der Waals surface area contributed by atoms with E-state index in [-0.39, 0.29) is 12.5 Å². The summed E-state index contributed by atoms with van der Waals surface area (Å²) in [4.78, 5) is 12.4. The molecule has 2 unspecified atom stereocenters. The Bertz CT molecular complexity index is 829. The molecular weight excluding hydrogens is 735 g/mol. The largest absolute Gasteiger partial charge is 0.394 e. The fourth-order valence-electron chi connectivity index (χ4n) is 9.01. The van der Waals surface area contributed by atoms with Gasteiger partial charge in [-0.2, -0.15) is 0 Å². The number of carbonyl (C=O) groups excluding carboxylic acids is 1. The highest BCUT2D eigenvalue weighted by Crippen LogP contribution is 2.18. The summed E-state index contributed by atoms with van der Waals surface area (Å²) in [6, 6.07) is -0.617. The van der Waals surface area contributed by atoms with Gasteiger partial charge in [0.05, 0.1) is 18.8 Å². The van der Waals surface area contributed by atoms with Crippen molar-refractivity contribution < 1.29 is 15.0 Å². The molecule has 0 fully saturated rings. The van der Waals surface area contributed by atoms with Crippen molar-refractivity contribution in [2.75, 3.05) is 6.61 Å². The van der Waals surface area contributed by atoms with Crippen molar-refractivity contribution in [2.45, 2.75) is 334 Å². The van der Waals surface area contributed by atoms with Crippen molar-refractivity contribution in [1.82, 2.24) is 5.32 Å². The first kappa shape index (κ1) is 59.1. The topological polar surface area (TPSA) is 69.6 Å². The molecule has 0 heterocycles. The molecule has 0 aromatic heterocycles. The third-order valence-electron chi connectivity index (χ3n) is 13.3. The van der Waals surface area contributed by atoms with Gasteiger partial charge in [0.1, 0.15) is 0 Å². The van der Waals surface area contributed by atoms with Crippen molar-refractivity contribution in [3.05, 3.63) is 12.2 Å². The van der Waals surface area contributed by atoms with E-state index < -0.39 is 12.1 Å². The van der Waals surface area contributed by atoms with Crippen molar-refractivity contribution in [1.29, 1.82) is 0 Å². The molecule has 358 valence electrons. The molecule has 0 aliphatic heterocycles. The van der Waals surface area contributed by atoms with Crippen LogP contribution in [-0.2, 0) is 4.79 Å². The highest BCUT2D eigenvalue weighted by molar-refractivity contribution is 5.76. The number of rotatable bonds is 52. The lowest BCUT2D eigenvalue weighted by Crippen LogP contribution is -2.45. The molecule has 2 atom stereocenters. The van der Waals surface area contributed by atoms with Crippen LogP contribution in [0.4, 0.5) is 0 Å². The van der Waals surface area contributed by atoms with Gasteiger partial charge in [-0.3, -0.25) is 4.79 Å². The third kappa shape index (κ3) is 48.2. The van der Waals surface area contributed by atoms with Gasteiger partial charge in [0.25, 0.3) is 0 Å². The number of carbonyl (C=O) groups is 1. The van der Waals surface area contributed by atoms with Crippen molar-refractivity contribution in [2.24, 2.45) is 0 Å². The minimum absolute atomic E-state index is 0.0567. The molecule has 0 rings (SSSR count). The van der Waals surface area contributed by atoms with Crippen LogP contribution in [0.2, 0.25) is 0 Å². The molecule has 0 radical (unpaired) electrons. The van der Waals surface area contributed by atoms with Gasteiger partial charge in [-0.25, -0.2) is 0 Å². The van der Waals surface area contributed by atoms with Crippen LogP contribution in [0, 0.1) is 0 Å². The van der Waals surface area contributed by atoms with Crippen molar-refractivity contribution >= 4 is 5.91 Å². The Morgan fingerprint density at radius 3 is 0.867 bits per heavy atom. The van der Waals surface area contributed by atoms with Crippen LogP contribution in [0.5, 0.6) is 0 Å². The summed E-state index contributed by atoms with van der Waals surface area (Å²) in [5.74, 6) is -0.0567. The zero-order valence-electron chi connectivity index (χ0n) is 41.3. The summed E-state index contributed by atoms with van der Waals surface area (Å²) in [6.45, 7) is 4.34. The van der Waals surface area contributed by atoms with Crippen LogP contribution in [0.3, 0.4) is 0 Å². The number of allylic oxidation sites excluding steroid dienone is 1. The average Bonchev–Trinajstić information content (AvgIpc) is 3.25. The zero-order chi connectivity index (χ0) is 43.5. The Morgan fingerprint density at radius 1 is 0.383 bits per heavy atom. The van der Waals surface area contributed by atoms with Crippen LogP contribution >= 0.6 is 0 Å². The number of nitrogens with one attached hydrogen (secondary N) is 1. The average molecular weight is 847 g/mol. The van der Waals surface area contributed by atoms with E-state index in [9.17, 15) is 15.0 Å². The summed E-state index contributed by atoms with van der Waals surface area (Å²) in [5.41, 5.74) is 0. The molecule has 3 N–H and O–H groups in total. The highest BCUT2D eigenvalue weighted by Gasteiger charge is 2.18. The molecule has 0 aromatic rings. The van der Waals surface area contributed by atoms with Gasteiger partial charge in [-0.05, 0) is 19.3 Å². The number of unbranched alkanes of at least 4 members (excludes halogenated alkanes) is 45. The molecule has 0 aliphatic rings. The van der Waals surface area contributed by atoms with Crippen LogP contribution < -0.4 is 5.32 Å². The number of aliphatic hydroxyl groups is 2. The Hall–Kier alpha value is -0.870. The maximum atomic E-state index is 12.4. The molecule has 1 amide bonds. The van der Waals surface area contributed by atoms with E-state index in [1.54, 1.807) is 6.08 Å². The van der Waals surface area contributed by atoms with E-state index in [4.69, 9.17) is 0 Å². The second-order valence-corrected chi connectivity index (χ2v) is 19.4. The monoisotopic (exact) mass is 846 g/mol. The zero-order valence-corrected chi connectivity index (χ0v) is 41.3. The molecule has 60 heavy (non-hydrogen) atoms. The number of hydrogen-bond acceptors (Lipinski definition) is 3. The van der Waals surface area contributed by atoms with Crippen LogP contribution in [0.15, 0.2) is 12.2 Å². The predicted molar refractivity (Wildman–Crippen MR) is 267 cm³/mol. The van der Waals surface area contributed by atoms with Crippen LogP contribution in [0.1, 0.15) is 322 Å². The molecule has 0 saturated heterocycles. The van der Waals surface area contributed by atoms with Gasteiger partial charge in [0.2, 0.25) is 5.91 Å². The van der Waals surface area contributed by atoms with E-state index in [0.717, 1.165) is 25.7 Å². The molecule has 0 spiro atoms. The lowest BCUT2D eigenvalue weighted by Gasteiger charge is -2.20. The maximum Gasteiger partial charge on any atom is 0.220 e. The van der Waals surface area contributed by atoms with E-state index in [2.05, 4.69) is 19.2 Å². The van der Waals surface area contributed by atoms with E-state index in [0.29, 0.717) is 6.42 Å². The quantitative estimate of drug-likeness (QED) is 0.0422. The fourth-order valence-corrected chi connectivity index (χ4v) is 9.01. The molecule has 0 aliphatic carbocycles. The fraction of sp³-hybridized carbons (Fsp3) is 0.946. The Morgan fingerprint density at radius 2 is 0.617 bits per heavy atom. The normalized spacial score (nSPS) is 12.8. The van der Waals surface area contributed by atoms with Gasteiger partial charge < -0.3 is 15.5 Å². The number of hydrogen-bond donors (Lipinski definition) is 3. The van der Waals surface area contributed by atoms with Crippen LogP contribution in [0.25, 0.3) is 0 Å². The molecule has 4 heteroatoms. The summed E-state index contributed by atoms with van der Waals surface area (Å²) >= 11 is 0. The van der Waals surface area contributed by atoms with Gasteiger partial charge >= 0.3 is 0 Å². The molecule has 0 aromatic carbocycles. The first-order valence-electron chi connectivity index (χ1n) is 27.9. The lowest BCUT2D eigenvalue weighted by atomic mass is 10.0. The first-order valence-corrected chi connectivity index (χ1v) is 27.9.